The highest BCUT2D eigenvalue weighted by molar-refractivity contribution is 7.89. The molecule has 6 nitrogen and oxygen atoms in total. The maximum absolute atomic E-state index is 13.3. The van der Waals surface area contributed by atoms with Crippen molar-refractivity contribution in [2.45, 2.75) is 24.7 Å². The summed E-state index contributed by atoms with van der Waals surface area (Å²) in [6.45, 7) is 2.34. The summed E-state index contributed by atoms with van der Waals surface area (Å²) in [5, 5.41) is 3.24. The van der Waals surface area contributed by atoms with Crippen molar-refractivity contribution in [3.63, 3.8) is 0 Å². The van der Waals surface area contributed by atoms with Gasteiger partial charge in [-0.15, -0.1) is 0 Å². The summed E-state index contributed by atoms with van der Waals surface area (Å²) in [4.78, 5) is 15.4. The Kier molecular flexibility index (Phi) is 5.57. The first-order valence-electron chi connectivity index (χ1n) is 8.58. The minimum absolute atomic E-state index is 0.0788. The molecule has 0 bridgehead atoms. The van der Waals surface area contributed by atoms with Crippen LogP contribution in [0.15, 0.2) is 53.4 Å². The highest BCUT2D eigenvalue weighted by Crippen LogP contribution is 2.19. The van der Waals surface area contributed by atoms with Crippen LogP contribution < -0.4 is 10.0 Å². The molecular weight excluding hydrogens is 369 g/mol. The summed E-state index contributed by atoms with van der Waals surface area (Å²) in [6, 6.07) is 11.8. The van der Waals surface area contributed by atoms with Crippen LogP contribution in [0.4, 0.5) is 10.1 Å². The Balaban J connectivity index is 1.77. The van der Waals surface area contributed by atoms with Crippen LogP contribution >= 0.6 is 0 Å². The molecule has 0 unspecified atom stereocenters. The van der Waals surface area contributed by atoms with Crippen molar-refractivity contribution in [1.29, 1.82) is 0 Å². The number of benzene rings is 2. The summed E-state index contributed by atoms with van der Waals surface area (Å²) >= 11 is 0. The lowest BCUT2D eigenvalue weighted by atomic mass is 10.2. The number of rotatable bonds is 7. The zero-order chi connectivity index (χ0) is 19.4. The molecule has 1 amide bonds. The molecule has 0 aliphatic carbocycles. The number of anilines is 1. The average molecular weight is 389 g/mol. The van der Waals surface area contributed by atoms with E-state index in [0.29, 0.717) is 23.1 Å². The third kappa shape index (κ3) is 4.53. The first kappa shape index (κ1) is 19.1. The predicted molar refractivity (Wildman–Crippen MR) is 103 cm³/mol. The van der Waals surface area contributed by atoms with Crippen LogP contribution in [0, 0.1) is 5.82 Å². The first-order chi connectivity index (χ1) is 12.9. The molecule has 27 heavy (non-hydrogen) atoms. The van der Waals surface area contributed by atoms with Crippen molar-refractivity contribution >= 4 is 32.5 Å². The molecule has 3 N–H and O–H groups in total. The molecule has 142 valence electrons. The minimum atomic E-state index is -3.63. The van der Waals surface area contributed by atoms with Gasteiger partial charge >= 0.3 is 0 Å². The van der Waals surface area contributed by atoms with Gasteiger partial charge in [0.25, 0.3) is 5.91 Å². The molecule has 0 saturated carbocycles. The number of aromatic amines is 1. The molecule has 0 spiro atoms. The number of H-pyrrole nitrogens is 1. The SMILES string of the molecule is CCCCNS(=O)(=O)c1cccc(NC(=O)c2cc3cc(F)ccc3[nH]2)c1. The number of carbonyl (C=O) groups excluding carboxylic acids is 1. The molecule has 3 aromatic rings. The van der Waals surface area contributed by atoms with Crippen LogP contribution in [0.25, 0.3) is 10.9 Å². The van der Waals surface area contributed by atoms with Crippen LogP contribution in [0.3, 0.4) is 0 Å². The van der Waals surface area contributed by atoms with E-state index in [4.69, 9.17) is 0 Å². The number of unbranched alkanes of at least 4 members (excludes halogenated alkanes) is 1. The largest absolute Gasteiger partial charge is 0.351 e. The lowest BCUT2D eigenvalue weighted by molar-refractivity contribution is 0.102. The number of halogens is 1. The Morgan fingerprint density at radius 1 is 1.15 bits per heavy atom. The van der Waals surface area contributed by atoms with E-state index < -0.39 is 15.9 Å². The molecule has 0 aliphatic rings. The van der Waals surface area contributed by atoms with E-state index in [-0.39, 0.29) is 16.4 Å². The monoisotopic (exact) mass is 389 g/mol. The number of hydrogen-bond donors (Lipinski definition) is 3. The van der Waals surface area contributed by atoms with Crippen LogP contribution in [0.1, 0.15) is 30.3 Å². The van der Waals surface area contributed by atoms with E-state index in [1.54, 1.807) is 24.3 Å². The zero-order valence-corrected chi connectivity index (χ0v) is 15.6. The van der Waals surface area contributed by atoms with Gasteiger partial charge in [-0.1, -0.05) is 19.4 Å². The smallest absolute Gasteiger partial charge is 0.272 e. The maximum Gasteiger partial charge on any atom is 0.272 e. The molecule has 0 fully saturated rings. The molecular formula is C19H20FN3O3S. The van der Waals surface area contributed by atoms with Crippen molar-refractivity contribution in [2.75, 3.05) is 11.9 Å². The van der Waals surface area contributed by atoms with Gasteiger partial charge in [0.05, 0.1) is 4.90 Å². The second-order valence-corrected chi connectivity index (χ2v) is 7.91. The van der Waals surface area contributed by atoms with Gasteiger partial charge in [0, 0.05) is 23.1 Å². The third-order valence-electron chi connectivity index (χ3n) is 4.05. The second kappa shape index (κ2) is 7.89. The Labute approximate surface area is 156 Å². The van der Waals surface area contributed by atoms with Crippen molar-refractivity contribution in [3.05, 3.63) is 60.0 Å². The first-order valence-corrected chi connectivity index (χ1v) is 10.1. The average Bonchev–Trinajstić information content (AvgIpc) is 3.05. The molecule has 0 atom stereocenters. The van der Waals surface area contributed by atoms with E-state index in [9.17, 15) is 17.6 Å². The Hall–Kier alpha value is -2.71. The lowest BCUT2D eigenvalue weighted by Gasteiger charge is -2.09. The number of nitrogens with one attached hydrogen (secondary N) is 3. The summed E-state index contributed by atoms with van der Waals surface area (Å²) in [5.74, 6) is -0.831. The van der Waals surface area contributed by atoms with E-state index in [1.807, 2.05) is 6.92 Å². The topological polar surface area (TPSA) is 91.1 Å². The standard InChI is InChI=1S/C19H20FN3O3S/c1-2-3-9-21-27(25,26)16-6-4-5-15(12-16)22-19(24)18-11-13-10-14(20)7-8-17(13)23-18/h4-8,10-12,21,23H,2-3,9H2,1H3,(H,22,24). The molecule has 1 aromatic heterocycles. The number of fused-ring (bicyclic) bond motifs is 1. The second-order valence-electron chi connectivity index (χ2n) is 6.15. The normalized spacial score (nSPS) is 11.6. The van der Waals surface area contributed by atoms with E-state index >= 15 is 0 Å². The number of aromatic nitrogens is 1. The van der Waals surface area contributed by atoms with E-state index in [0.717, 1.165) is 12.8 Å². The van der Waals surface area contributed by atoms with Crippen molar-refractivity contribution in [3.8, 4) is 0 Å². The molecule has 0 saturated heterocycles. The number of carbonyl (C=O) groups is 1. The van der Waals surface area contributed by atoms with Gasteiger partial charge in [0.1, 0.15) is 11.5 Å². The highest BCUT2D eigenvalue weighted by Gasteiger charge is 2.15. The molecule has 1 heterocycles. The van der Waals surface area contributed by atoms with Gasteiger partial charge in [-0.2, -0.15) is 0 Å². The molecule has 2 aromatic carbocycles. The van der Waals surface area contributed by atoms with Gasteiger partial charge in [-0.3, -0.25) is 4.79 Å². The molecule has 3 rings (SSSR count). The number of amides is 1. The summed E-state index contributed by atoms with van der Waals surface area (Å²) < 4.78 is 40.4. The summed E-state index contributed by atoms with van der Waals surface area (Å²) in [5.41, 5.74) is 1.24. The van der Waals surface area contributed by atoms with Crippen LogP contribution in [0.2, 0.25) is 0 Å². The Morgan fingerprint density at radius 2 is 1.96 bits per heavy atom. The van der Waals surface area contributed by atoms with Gasteiger partial charge in [-0.25, -0.2) is 17.5 Å². The van der Waals surface area contributed by atoms with Gasteiger partial charge < -0.3 is 10.3 Å². The minimum Gasteiger partial charge on any atom is -0.351 e. The van der Waals surface area contributed by atoms with Crippen molar-refractivity contribution in [2.24, 2.45) is 0 Å². The summed E-state index contributed by atoms with van der Waals surface area (Å²) in [6.07, 6.45) is 1.63. The highest BCUT2D eigenvalue weighted by atomic mass is 32.2. The van der Waals surface area contributed by atoms with E-state index in [1.165, 1.54) is 24.3 Å². The fourth-order valence-corrected chi connectivity index (χ4v) is 3.75. The quantitative estimate of drug-likeness (QED) is 0.539. The van der Waals surface area contributed by atoms with Gasteiger partial charge in [0.15, 0.2) is 0 Å². The van der Waals surface area contributed by atoms with Crippen molar-refractivity contribution < 1.29 is 17.6 Å². The Morgan fingerprint density at radius 3 is 2.74 bits per heavy atom. The lowest BCUT2D eigenvalue weighted by Crippen LogP contribution is -2.24. The third-order valence-corrected chi connectivity index (χ3v) is 5.51. The fourth-order valence-electron chi connectivity index (χ4n) is 2.63. The predicted octanol–water partition coefficient (Wildman–Crippen LogP) is 3.64. The summed E-state index contributed by atoms with van der Waals surface area (Å²) in [7, 11) is -3.63. The van der Waals surface area contributed by atoms with Crippen LogP contribution in [0.5, 0.6) is 0 Å². The Bertz CT molecular complexity index is 1080. The van der Waals surface area contributed by atoms with Crippen LogP contribution in [-0.2, 0) is 10.0 Å². The molecule has 0 radical (unpaired) electrons. The molecule has 8 heteroatoms. The zero-order valence-electron chi connectivity index (χ0n) is 14.8. The van der Waals surface area contributed by atoms with Crippen LogP contribution in [-0.4, -0.2) is 25.9 Å². The fraction of sp³-hybridized carbons (Fsp3) is 0.211. The molecule has 0 aliphatic heterocycles. The van der Waals surface area contributed by atoms with E-state index in [2.05, 4.69) is 15.0 Å². The van der Waals surface area contributed by atoms with Crippen molar-refractivity contribution in [1.82, 2.24) is 9.71 Å². The van der Waals surface area contributed by atoms with Gasteiger partial charge in [0.2, 0.25) is 10.0 Å². The number of sulfonamides is 1. The maximum atomic E-state index is 13.3. The number of hydrogen-bond acceptors (Lipinski definition) is 3. The van der Waals surface area contributed by atoms with Gasteiger partial charge in [-0.05, 0) is 48.9 Å².